The third kappa shape index (κ3) is 14.5. The summed E-state index contributed by atoms with van der Waals surface area (Å²) in [5.41, 5.74) is 1.65. The van der Waals surface area contributed by atoms with Crippen molar-refractivity contribution in [3.8, 4) is 11.3 Å². The molecule has 0 spiro atoms. The fraction of sp³-hybridized carbons (Fsp3) is 0.536. The Morgan fingerprint density at radius 1 is 1.02 bits per heavy atom. The van der Waals surface area contributed by atoms with Crippen LogP contribution < -0.4 is 4.31 Å². The van der Waals surface area contributed by atoms with Gasteiger partial charge in [-0.15, -0.1) is 0 Å². The minimum atomic E-state index is -3.71. The highest BCUT2D eigenvalue weighted by Gasteiger charge is 2.23. The van der Waals surface area contributed by atoms with E-state index in [1.54, 1.807) is 0 Å². The van der Waals surface area contributed by atoms with Crippen molar-refractivity contribution in [1.29, 1.82) is 0 Å². The lowest BCUT2D eigenvalue weighted by molar-refractivity contribution is -0.528. The van der Waals surface area contributed by atoms with Crippen LogP contribution in [0.5, 0.6) is 0 Å². The molecule has 0 aliphatic rings. The van der Waals surface area contributed by atoms with E-state index in [1.165, 1.54) is 43.5 Å². The summed E-state index contributed by atoms with van der Waals surface area (Å²) in [4.78, 5) is 29.9. The number of benzene rings is 1. The Morgan fingerprint density at radius 2 is 1.69 bits per heavy atom. The van der Waals surface area contributed by atoms with E-state index in [4.69, 9.17) is 30.3 Å². The SMILES string of the molecule is CC(C)c1nc(N(C)S(C)(=O)=O)nc(-c2ccc(F)cc2)c1/C=C/C(O)CC(O)CC(=O)OCCCOCC(CON(O)O)ON(O)O. The van der Waals surface area contributed by atoms with Gasteiger partial charge in [-0.05, 0) is 30.2 Å². The molecule has 6 N–H and O–H groups in total. The van der Waals surface area contributed by atoms with Gasteiger partial charge < -0.3 is 19.7 Å². The van der Waals surface area contributed by atoms with Crippen LogP contribution in [0, 0.1) is 5.82 Å². The number of hydrogen-bond donors (Lipinski definition) is 6. The minimum Gasteiger partial charge on any atom is -0.466 e. The van der Waals surface area contributed by atoms with Crippen molar-refractivity contribution in [3.63, 3.8) is 0 Å². The molecule has 0 bridgehead atoms. The van der Waals surface area contributed by atoms with Crippen molar-refractivity contribution in [3.05, 3.63) is 47.4 Å². The van der Waals surface area contributed by atoms with Crippen molar-refractivity contribution < 1.29 is 67.8 Å². The van der Waals surface area contributed by atoms with Crippen LogP contribution in [0.25, 0.3) is 17.3 Å². The normalized spacial score (nSPS) is 14.2. The van der Waals surface area contributed by atoms with Crippen molar-refractivity contribution in [2.24, 2.45) is 0 Å². The van der Waals surface area contributed by atoms with E-state index in [1.807, 2.05) is 13.8 Å². The van der Waals surface area contributed by atoms with E-state index in [0.29, 0.717) is 16.8 Å². The van der Waals surface area contributed by atoms with Gasteiger partial charge in [-0.2, -0.15) is 0 Å². The van der Waals surface area contributed by atoms with E-state index in [0.717, 1.165) is 10.6 Å². The molecular weight excluding hydrogens is 665 g/mol. The molecule has 270 valence electrons. The molecule has 1 aromatic carbocycles. The van der Waals surface area contributed by atoms with Gasteiger partial charge in [0.2, 0.25) is 16.0 Å². The van der Waals surface area contributed by atoms with Crippen LogP contribution in [0.4, 0.5) is 10.3 Å². The molecule has 0 aliphatic heterocycles. The number of aliphatic hydroxyl groups is 2. The largest absolute Gasteiger partial charge is 0.466 e. The van der Waals surface area contributed by atoms with Crippen molar-refractivity contribution in [2.45, 2.75) is 57.3 Å². The number of carbonyl (C=O) groups is 1. The Balaban J connectivity index is 2.00. The highest BCUT2D eigenvalue weighted by molar-refractivity contribution is 7.92. The van der Waals surface area contributed by atoms with Crippen LogP contribution in [0.15, 0.2) is 30.3 Å². The van der Waals surface area contributed by atoms with Gasteiger partial charge in [-0.1, -0.05) is 26.0 Å². The second-order valence-electron chi connectivity index (χ2n) is 10.8. The third-order valence-corrected chi connectivity index (χ3v) is 7.59. The molecular formula is C28H42FN5O13S. The van der Waals surface area contributed by atoms with Crippen LogP contribution in [0.1, 0.15) is 50.3 Å². The number of aliphatic hydroxyl groups excluding tert-OH is 2. The summed E-state index contributed by atoms with van der Waals surface area (Å²) in [5.74, 6) is -1.54. The number of hydrogen-bond acceptors (Lipinski definition) is 17. The second-order valence-corrected chi connectivity index (χ2v) is 12.8. The fourth-order valence-electron chi connectivity index (χ4n) is 4.05. The maximum atomic E-state index is 13.7. The van der Waals surface area contributed by atoms with Crippen LogP contribution in [0.2, 0.25) is 0 Å². The maximum Gasteiger partial charge on any atom is 0.308 e. The molecule has 48 heavy (non-hydrogen) atoms. The monoisotopic (exact) mass is 707 g/mol. The molecule has 18 nitrogen and oxygen atoms in total. The van der Waals surface area contributed by atoms with E-state index < -0.39 is 63.9 Å². The number of aromatic nitrogens is 2. The lowest BCUT2D eigenvalue weighted by Crippen LogP contribution is -2.34. The standard InChI is InChI=1S/C28H42FN5O13S/c1-18(2)26-24(27(19-6-8-20(29)9-7-19)31-28(30-26)32(3)48(4,42)43)11-10-21(35)14-22(36)15-25(37)45-13-5-12-44-16-23(47-34(40)41)17-46-33(38)39/h6-11,18,21-23,35-36,38-41H,5,12-17H2,1-4H3/b11-10+. The second kappa shape index (κ2) is 19.7. The summed E-state index contributed by atoms with van der Waals surface area (Å²) in [5, 5.41) is 54.4. The van der Waals surface area contributed by atoms with Gasteiger partial charge in [-0.25, -0.2) is 36.8 Å². The van der Waals surface area contributed by atoms with Crippen LogP contribution in [-0.2, 0) is 34.0 Å². The summed E-state index contributed by atoms with van der Waals surface area (Å²) >= 11 is 0. The summed E-state index contributed by atoms with van der Waals surface area (Å²) in [7, 11) is -2.40. The minimum absolute atomic E-state index is 0.0333. The number of rotatable bonds is 21. The maximum absolute atomic E-state index is 13.7. The molecule has 1 aromatic heterocycles. The number of nitrogens with zero attached hydrogens (tertiary/aromatic N) is 5. The lowest BCUT2D eigenvalue weighted by atomic mass is 9.97. The molecule has 0 saturated heterocycles. The van der Waals surface area contributed by atoms with E-state index in [2.05, 4.69) is 19.6 Å². The van der Waals surface area contributed by atoms with Crippen molar-refractivity contribution >= 4 is 28.0 Å². The highest BCUT2D eigenvalue weighted by atomic mass is 32.2. The molecule has 0 radical (unpaired) electrons. The van der Waals surface area contributed by atoms with Gasteiger partial charge in [0.15, 0.2) is 0 Å². The Bertz CT molecular complexity index is 1430. The van der Waals surface area contributed by atoms with E-state index >= 15 is 0 Å². The molecule has 0 amide bonds. The molecule has 0 aliphatic carbocycles. The molecule has 2 rings (SSSR count). The summed E-state index contributed by atoms with van der Waals surface area (Å²) in [6, 6.07) is 5.41. The molecule has 3 atom stereocenters. The predicted octanol–water partition coefficient (Wildman–Crippen LogP) is 1.66. The number of ether oxygens (including phenoxy) is 2. The predicted molar refractivity (Wildman–Crippen MR) is 163 cm³/mol. The topological polar surface area (TPSA) is 245 Å². The zero-order chi connectivity index (χ0) is 36.0. The van der Waals surface area contributed by atoms with Gasteiger partial charge in [0, 0.05) is 37.6 Å². The number of sulfonamides is 1. The van der Waals surface area contributed by atoms with E-state index in [9.17, 15) is 27.8 Å². The number of esters is 1. The average molecular weight is 708 g/mol. The van der Waals surface area contributed by atoms with Crippen molar-refractivity contribution in [2.75, 3.05) is 44.0 Å². The van der Waals surface area contributed by atoms with E-state index in [-0.39, 0.29) is 50.2 Å². The molecule has 2 aromatic rings. The molecule has 0 saturated carbocycles. The molecule has 3 unspecified atom stereocenters. The zero-order valence-electron chi connectivity index (χ0n) is 26.8. The lowest BCUT2D eigenvalue weighted by Gasteiger charge is -2.20. The number of anilines is 1. The summed E-state index contributed by atoms with van der Waals surface area (Å²) in [6.07, 6.45) is -0.174. The average Bonchev–Trinajstić information content (AvgIpc) is 2.99. The zero-order valence-corrected chi connectivity index (χ0v) is 27.6. The molecule has 1 heterocycles. The van der Waals surface area contributed by atoms with Crippen LogP contribution in [-0.4, -0.2) is 124 Å². The first-order chi connectivity index (χ1) is 22.5. The highest BCUT2D eigenvalue weighted by Crippen LogP contribution is 2.31. The smallest absolute Gasteiger partial charge is 0.308 e. The Kier molecular flexibility index (Phi) is 16.8. The van der Waals surface area contributed by atoms with Crippen LogP contribution in [0.3, 0.4) is 0 Å². The Morgan fingerprint density at radius 3 is 2.27 bits per heavy atom. The van der Waals surface area contributed by atoms with Gasteiger partial charge in [-0.3, -0.25) is 25.6 Å². The van der Waals surface area contributed by atoms with Gasteiger partial charge in [0.05, 0.1) is 60.3 Å². The van der Waals surface area contributed by atoms with Crippen molar-refractivity contribution in [1.82, 2.24) is 20.7 Å². The first kappa shape index (κ1) is 40.9. The Hall–Kier alpha value is -3.25. The fourth-order valence-corrected chi connectivity index (χ4v) is 4.43. The van der Waals surface area contributed by atoms with Gasteiger partial charge in [0.1, 0.15) is 18.5 Å². The molecule has 0 fully saturated rings. The Labute approximate surface area is 276 Å². The summed E-state index contributed by atoms with van der Waals surface area (Å²) < 4.78 is 49.4. The first-order valence-electron chi connectivity index (χ1n) is 14.5. The summed E-state index contributed by atoms with van der Waals surface area (Å²) in [6.45, 7) is 2.84. The first-order valence-corrected chi connectivity index (χ1v) is 16.4. The number of carbonyl (C=O) groups excluding carboxylic acids is 1. The van der Waals surface area contributed by atoms with Gasteiger partial charge in [0.25, 0.3) is 0 Å². The third-order valence-electron chi connectivity index (χ3n) is 6.43. The number of halogens is 1. The van der Waals surface area contributed by atoms with Gasteiger partial charge >= 0.3 is 5.97 Å². The van der Waals surface area contributed by atoms with Crippen LogP contribution >= 0.6 is 0 Å². The quantitative estimate of drug-likeness (QED) is 0.0613. The molecule has 20 heteroatoms.